The molecule has 2 nitrogen and oxygen atoms in total. The number of alkyl halides is 3. The molecule has 0 fully saturated rings. The first-order valence-corrected chi connectivity index (χ1v) is 6.17. The third-order valence-corrected chi connectivity index (χ3v) is 3.37. The fourth-order valence-corrected chi connectivity index (χ4v) is 2.38. The second-order valence-electron chi connectivity index (χ2n) is 4.62. The van der Waals surface area contributed by atoms with Gasteiger partial charge in [-0.05, 0) is 36.5 Å². The van der Waals surface area contributed by atoms with Crippen LogP contribution >= 0.6 is 0 Å². The molecule has 1 aliphatic heterocycles. The molecule has 1 aromatic rings. The molecule has 1 aromatic carbocycles. The molecule has 1 aliphatic rings. The van der Waals surface area contributed by atoms with Crippen LogP contribution in [0.15, 0.2) is 12.1 Å². The van der Waals surface area contributed by atoms with E-state index in [9.17, 15) is 13.2 Å². The Hall–Kier alpha value is -1.23. The molecule has 18 heavy (non-hydrogen) atoms. The van der Waals surface area contributed by atoms with Crippen LogP contribution in [0.3, 0.4) is 0 Å². The fourth-order valence-electron chi connectivity index (χ4n) is 2.38. The zero-order valence-corrected chi connectivity index (χ0v) is 10.3. The number of nitrogens with two attached hydrogens (primary N) is 1. The van der Waals surface area contributed by atoms with Crippen LogP contribution in [-0.4, -0.2) is 6.54 Å². The minimum Gasteiger partial charge on any atom is -0.385 e. The van der Waals surface area contributed by atoms with Crippen LogP contribution in [0, 0.1) is 0 Å². The largest absolute Gasteiger partial charge is 0.416 e. The highest BCUT2D eigenvalue weighted by Crippen LogP contribution is 2.38. The van der Waals surface area contributed by atoms with Gasteiger partial charge in [-0.3, -0.25) is 0 Å². The van der Waals surface area contributed by atoms with Gasteiger partial charge in [0, 0.05) is 18.3 Å². The first-order chi connectivity index (χ1) is 8.43. The van der Waals surface area contributed by atoms with Gasteiger partial charge in [-0.2, -0.15) is 13.2 Å². The minimum atomic E-state index is -4.31. The summed E-state index contributed by atoms with van der Waals surface area (Å²) in [5.41, 5.74) is 7.11. The van der Waals surface area contributed by atoms with Gasteiger partial charge >= 0.3 is 6.18 Å². The van der Waals surface area contributed by atoms with Gasteiger partial charge < -0.3 is 11.1 Å². The molecule has 5 heteroatoms. The van der Waals surface area contributed by atoms with Crippen LogP contribution < -0.4 is 11.1 Å². The summed E-state index contributed by atoms with van der Waals surface area (Å²) in [4.78, 5) is 0. The average Bonchev–Trinajstić information content (AvgIpc) is 2.49. The second kappa shape index (κ2) is 4.80. The first kappa shape index (κ1) is 13.2. The summed E-state index contributed by atoms with van der Waals surface area (Å²) in [6.07, 6.45) is -2.28. The number of halogens is 3. The maximum absolute atomic E-state index is 12.9. The Kier molecular flexibility index (Phi) is 3.52. The molecule has 0 saturated carbocycles. The topological polar surface area (TPSA) is 38.0 Å². The number of hydrogen-bond donors (Lipinski definition) is 2. The Morgan fingerprint density at radius 2 is 2.11 bits per heavy atom. The van der Waals surface area contributed by atoms with Gasteiger partial charge in [-0.1, -0.05) is 13.0 Å². The standard InChI is InChI=1S/C13H17F3N2/c1-2-8-6-9-11(17)4-3-5-18-12(9)7-10(8)13(14,15)16/h6-7,11,18H,2-5,17H2,1H3. The molecule has 0 aliphatic carbocycles. The van der Waals surface area contributed by atoms with Crippen molar-refractivity contribution in [3.63, 3.8) is 0 Å². The lowest BCUT2D eigenvalue weighted by molar-refractivity contribution is -0.138. The summed E-state index contributed by atoms with van der Waals surface area (Å²) in [7, 11) is 0. The van der Waals surface area contributed by atoms with Gasteiger partial charge in [0.05, 0.1) is 5.56 Å². The molecule has 0 amide bonds. The summed E-state index contributed by atoms with van der Waals surface area (Å²) >= 11 is 0. The highest BCUT2D eigenvalue weighted by molar-refractivity contribution is 5.58. The SMILES string of the molecule is CCc1cc2c(cc1C(F)(F)F)NCCCC2N. The monoisotopic (exact) mass is 258 g/mol. The molecular formula is C13H17F3N2. The Bertz CT molecular complexity index is 441. The summed E-state index contributed by atoms with van der Waals surface area (Å²) < 4.78 is 38.8. The van der Waals surface area contributed by atoms with Crippen LogP contribution in [-0.2, 0) is 12.6 Å². The van der Waals surface area contributed by atoms with Crippen molar-refractivity contribution < 1.29 is 13.2 Å². The molecule has 0 saturated heterocycles. The molecule has 1 atom stereocenters. The number of aryl methyl sites for hydroxylation is 1. The van der Waals surface area contributed by atoms with E-state index in [2.05, 4.69) is 5.32 Å². The zero-order valence-electron chi connectivity index (χ0n) is 10.3. The van der Waals surface area contributed by atoms with E-state index in [1.54, 1.807) is 13.0 Å². The average molecular weight is 258 g/mol. The van der Waals surface area contributed by atoms with Gasteiger partial charge in [0.25, 0.3) is 0 Å². The Balaban J connectivity index is 2.55. The number of hydrogen-bond acceptors (Lipinski definition) is 2. The van der Waals surface area contributed by atoms with E-state index in [1.807, 2.05) is 0 Å². The Morgan fingerprint density at radius 3 is 2.72 bits per heavy atom. The van der Waals surface area contributed by atoms with E-state index in [0.29, 0.717) is 24.2 Å². The number of nitrogens with one attached hydrogen (secondary N) is 1. The van der Waals surface area contributed by atoms with Crippen molar-refractivity contribution in [2.45, 2.75) is 38.4 Å². The van der Waals surface area contributed by atoms with Crippen molar-refractivity contribution in [1.82, 2.24) is 0 Å². The highest BCUT2D eigenvalue weighted by Gasteiger charge is 2.34. The van der Waals surface area contributed by atoms with Crippen molar-refractivity contribution in [1.29, 1.82) is 0 Å². The van der Waals surface area contributed by atoms with E-state index in [1.165, 1.54) is 6.07 Å². The summed E-state index contributed by atoms with van der Waals surface area (Å²) in [6, 6.07) is 2.64. The van der Waals surface area contributed by atoms with Crippen LogP contribution in [0.2, 0.25) is 0 Å². The quantitative estimate of drug-likeness (QED) is 0.809. The lowest BCUT2D eigenvalue weighted by Gasteiger charge is -2.19. The smallest absolute Gasteiger partial charge is 0.385 e. The molecule has 2 rings (SSSR count). The molecule has 0 bridgehead atoms. The van der Waals surface area contributed by atoms with Gasteiger partial charge in [-0.25, -0.2) is 0 Å². The van der Waals surface area contributed by atoms with Crippen LogP contribution in [0.1, 0.15) is 42.5 Å². The normalized spacial score (nSPS) is 19.9. The molecule has 0 radical (unpaired) electrons. The fraction of sp³-hybridized carbons (Fsp3) is 0.538. The lowest BCUT2D eigenvalue weighted by atomic mass is 9.95. The lowest BCUT2D eigenvalue weighted by Crippen LogP contribution is -2.14. The third kappa shape index (κ3) is 2.46. The van der Waals surface area contributed by atoms with Gasteiger partial charge in [0.2, 0.25) is 0 Å². The minimum absolute atomic E-state index is 0.178. The number of anilines is 1. The van der Waals surface area contributed by atoms with Gasteiger partial charge in [0.15, 0.2) is 0 Å². The van der Waals surface area contributed by atoms with Crippen LogP contribution in [0.25, 0.3) is 0 Å². The van der Waals surface area contributed by atoms with E-state index in [-0.39, 0.29) is 6.04 Å². The first-order valence-electron chi connectivity index (χ1n) is 6.17. The van der Waals surface area contributed by atoms with Crippen molar-refractivity contribution in [2.75, 3.05) is 11.9 Å². The molecule has 100 valence electrons. The molecule has 0 spiro atoms. The van der Waals surface area contributed by atoms with E-state index in [0.717, 1.165) is 18.4 Å². The molecule has 3 N–H and O–H groups in total. The van der Waals surface area contributed by atoms with Crippen LogP contribution in [0.5, 0.6) is 0 Å². The van der Waals surface area contributed by atoms with Crippen molar-refractivity contribution >= 4 is 5.69 Å². The van der Waals surface area contributed by atoms with Crippen molar-refractivity contribution in [3.8, 4) is 0 Å². The summed E-state index contributed by atoms with van der Waals surface area (Å²) in [5.74, 6) is 0. The van der Waals surface area contributed by atoms with E-state index < -0.39 is 11.7 Å². The van der Waals surface area contributed by atoms with Gasteiger partial charge in [0.1, 0.15) is 0 Å². The van der Waals surface area contributed by atoms with Crippen molar-refractivity contribution in [3.05, 3.63) is 28.8 Å². The summed E-state index contributed by atoms with van der Waals surface area (Å²) in [6.45, 7) is 2.40. The molecular weight excluding hydrogens is 241 g/mol. The second-order valence-corrected chi connectivity index (χ2v) is 4.62. The number of fused-ring (bicyclic) bond motifs is 1. The van der Waals surface area contributed by atoms with Crippen LogP contribution in [0.4, 0.5) is 18.9 Å². The third-order valence-electron chi connectivity index (χ3n) is 3.37. The Labute approximate surface area is 104 Å². The predicted octanol–water partition coefficient (Wildman–Crippen LogP) is 3.47. The maximum atomic E-state index is 12.9. The predicted molar refractivity (Wildman–Crippen MR) is 65.5 cm³/mol. The number of benzene rings is 1. The summed E-state index contributed by atoms with van der Waals surface area (Å²) in [5, 5.41) is 3.04. The number of rotatable bonds is 1. The molecule has 0 aromatic heterocycles. The zero-order chi connectivity index (χ0) is 13.3. The maximum Gasteiger partial charge on any atom is 0.416 e. The molecule has 1 heterocycles. The van der Waals surface area contributed by atoms with Crippen molar-refractivity contribution in [2.24, 2.45) is 5.73 Å². The molecule has 1 unspecified atom stereocenters. The highest BCUT2D eigenvalue weighted by atomic mass is 19.4. The Morgan fingerprint density at radius 1 is 1.39 bits per heavy atom. The van der Waals surface area contributed by atoms with E-state index in [4.69, 9.17) is 5.73 Å². The van der Waals surface area contributed by atoms with E-state index >= 15 is 0 Å². The van der Waals surface area contributed by atoms with Gasteiger partial charge in [-0.15, -0.1) is 0 Å².